The summed E-state index contributed by atoms with van der Waals surface area (Å²) in [5, 5.41) is 12.1. The zero-order valence-electron chi connectivity index (χ0n) is 13.8. The average molecular weight is 372 g/mol. The maximum atomic E-state index is 14.5. The van der Waals surface area contributed by atoms with E-state index in [2.05, 4.69) is 10.3 Å². The lowest BCUT2D eigenvalue weighted by Gasteiger charge is -2.35. The Balaban J connectivity index is 2.04. The van der Waals surface area contributed by atoms with Crippen molar-refractivity contribution in [1.82, 2.24) is 9.88 Å². The predicted molar refractivity (Wildman–Crippen MR) is 90.6 cm³/mol. The smallest absolute Gasteiger partial charge is 0.414 e. The summed E-state index contributed by atoms with van der Waals surface area (Å²) in [5.74, 6) is -0.747. The van der Waals surface area contributed by atoms with E-state index in [0.29, 0.717) is 12.2 Å². The predicted octanol–water partition coefficient (Wildman–Crippen LogP) is 3.32. The van der Waals surface area contributed by atoms with E-state index in [0.717, 1.165) is 6.20 Å². The van der Waals surface area contributed by atoms with Gasteiger partial charge >= 0.3 is 12.1 Å². The third kappa shape index (κ3) is 4.82. The second kappa shape index (κ2) is 8.15. The van der Waals surface area contributed by atoms with Gasteiger partial charge in [-0.1, -0.05) is 11.6 Å². The average Bonchev–Trinajstić information content (AvgIpc) is 2.56. The van der Waals surface area contributed by atoms with Crippen molar-refractivity contribution in [2.75, 3.05) is 18.4 Å². The van der Waals surface area contributed by atoms with Crippen molar-refractivity contribution >= 4 is 29.4 Å². The number of hydrogen-bond donors (Lipinski definition) is 2. The molecule has 1 aromatic heterocycles. The second-order valence-electron chi connectivity index (χ2n) is 5.63. The summed E-state index contributed by atoms with van der Waals surface area (Å²) in [6, 6.07) is 0.691. The number of likely N-dealkylation sites (tertiary alicyclic amines) is 1. The molecule has 0 saturated carbocycles. The van der Waals surface area contributed by atoms with E-state index in [-0.39, 0.29) is 29.5 Å². The molecule has 1 aromatic rings. The standard InChI is InChI=1S/C16H19ClFN3O4/c1-3-9(2)25-16(24)21-5-4-12(11(18)8-21)20-13-6-14(17)19-7-10(13)15(22)23/h3,6-7,11-12H,4-5,8H2,1-2H3,(H,19,20)(H,22,23)/b9-3+/t11-,12?/m0/s1. The molecule has 136 valence electrons. The molecule has 1 fully saturated rings. The highest BCUT2D eigenvalue weighted by molar-refractivity contribution is 6.29. The Kier molecular flexibility index (Phi) is 6.19. The molecular weight excluding hydrogens is 353 g/mol. The molecule has 7 nitrogen and oxygen atoms in total. The molecule has 1 unspecified atom stereocenters. The Morgan fingerprint density at radius 2 is 2.28 bits per heavy atom. The molecule has 1 aliphatic heterocycles. The summed E-state index contributed by atoms with van der Waals surface area (Å²) in [6.07, 6.45) is 1.06. The van der Waals surface area contributed by atoms with Crippen LogP contribution in [0.15, 0.2) is 24.1 Å². The Morgan fingerprint density at radius 1 is 1.56 bits per heavy atom. The summed E-state index contributed by atoms with van der Waals surface area (Å²) in [6.45, 7) is 3.51. The SMILES string of the molecule is C/C=C(\C)OC(=O)N1CCC(Nc2cc(Cl)ncc2C(=O)O)[C@@H](F)C1. The van der Waals surface area contributed by atoms with Gasteiger partial charge in [-0.2, -0.15) is 0 Å². The van der Waals surface area contributed by atoms with Gasteiger partial charge in [0.2, 0.25) is 0 Å². The van der Waals surface area contributed by atoms with E-state index in [9.17, 15) is 19.1 Å². The summed E-state index contributed by atoms with van der Waals surface area (Å²) < 4.78 is 19.5. The second-order valence-corrected chi connectivity index (χ2v) is 6.01. The van der Waals surface area contributed by atoms with E-state index in [1.807, 2.05) is 0 Å². The zero-order chi connectivity index (χ0) is 18.6. The molecular formula is C16H19ClFN3O4. The van der Waals surface area contributed by atoms with Crippen molar-refractivity contribution in [3.8, 4) is 0 Å². The maximum absolute atomic E-state index is 14.5. The number of anilines is 1. The molecule has 2 N–H and O–H groups in total. The molecule has 1 amide bonds. The third-order valence-corrected chi connectivity index (χ3v) is 4.10. The molecule has 2 atom stereocenters. The van der Waals surface area contributed by atoms with Gasteiger partial charge in [0.15, 0.2) is 0 Å². The number of nitrogens with zero attached hydrogens (tertiary/aromatic N) is 2. The molecule has 0 aliphatic carbocycles. The van der Waals surface area contributed by atoms with Crippen LogP contribution in [-0.4, -0.2) is 52.4 Å². The molecule has 0 radical (unpaired) electrons. The minimum atomic E-state index is -1.39. The third-order valence-electron chi connectivity index (χ3n) is 3.90. The van der Waals surface area contributed by atoms with Crippen LogP contribution in [0.3, 0.4) is 0 Å². The number of rotatable bonds is 4. The fourth-order valence-electron chi connectivity index (χ4n) is 2.41. The number of hydrogen-bond acceptors (Lipinski definition) is 5. The number of carbonyl (C=O) groups is 2. The molecule has 1 saturated heterocycles. The number of carboxylic acid groups (broad SMARTS) is 1. The number of nitrogens with one attached hydrogen (secondary N) is 1. The number of carboxylic acids is 1. The van der Waals surface area contributed by atoms with Crippen LogP contribution < -0.4 is 5.32 Å². The van der Waals surface area contributed by atoms with Crippen LogP contribution in [0, 0.1) is 0 Å². The number of halogens is 2. The molecule has 2 heterocycles. The highest BCUT2D eigenvalue weighted by Crippen LogP contribution is 2.24. The normalized spacial score (nSPS) is 21.0. The molecule has 0 aromatic carbocycles. The lowest BCUT2D eigenvalue weighted by atomic mass is 10.0. The molecule has 0 spiro atoms. The van der Waals surface area contributed by atoms with Crippen LogP contribution in [0.1, 0.15) is 30.6 Å². The minimum Gasteiger partial charge on any atom is -0.478 e. The minimum absolute atomic E-state index is 0.0952. The Morgan fingerprint density at radius 3 is 2.88 bits per heavy atom. The van der Waals surface area contributed by atoms with Gasteiger partial charge in [-0.25, -0.2) is 19.0 Å². The number of carbonyl (C=O) groups excluding carboxylic acids is 1. The fourth-order valence-corrected chi connectivity index (χ4v) is 2.57. The van der Waals surface area contributed by atoms with Gasteiger partial charge in [0.05, 0.1) is 18.3 Å². The van der Waals surface area contributed by atoms with Crippen molar-refractivity contribution < 1.29 is 23.8 Å². The van der Waals surface area contributed by atoms with Crippen molar-refractivity contribution in [3.63, 3.8) is 0 Å². The van der Waals surface area contributed by atoms with Gasteiger partial charge in [0.25, 0.3) is 0 Å². The lowest BCUT2D eigenvalue weighted by molar-refractivity contribution is 0.0697. The van der Waals surface area contributed by atoms with Crippen molar-refractivity contribution in [1.29, 1.82) is 0 Å². The zero-order valence-corrected chi connectivity index (χ0v) is 14.6. The van der Waals surface area contributed by atoms with Crippen molar-refractivity contribution in [2.45, 2.75) is 32.5 Å². The van der Waals surface area contributed by atoms with Crippen LogP contribution in [0.5, 0.6) is 0 Å². The topological polar surface area (TPSA) is 91.8 Å². The number of amides is 1. The van der Waals surface area contributed by atoms with E-state index < -0.39 is 24.3 Å². The molecule has 1 aliphatic rings. The summed E-state index contributed by atoms with van der Waals surface area (Å²) in [7, 11) is 0. The maximum Gasteiger partial charge on any atom is 0.414 e. The first-order chi connectivity index (χ1) is 11.8. The molecule has 9 heteroatoms. The largest absolute Gasteiger partial charge is 0.478 e. The Bertz CT molecular complexity index is 698. The van der Waals surface area contributed by atoms with Crippen LogP contribution in [-0.2, 0) is 4.74 Å². The first kappa shape index (κ1) is 19.0. The van der Waals surface area contributed by atoms with Gasteiger partial charge in [-0.05, 0) is 32.4 Å². The monoisotopic (exact) mass is 371 g/mol. The van der Waals surface area contributed by atoms with Crippen LogP contribution in [0.25, 0.3) is 0 Å². The summed E-state index contributed by atoms with van der Waals surface area (Å²) in [4.78, 5) is 28.2. The quantitative estimate of drug-likeness (QED) is 0.623. The summed E-state index contributed by atoms with van der Waals surface area (Å²) in [5.41, 5.74) is 0.100. The number of piperidine rings is 1. The van der Waals surface area contributed by atoms with E-state index in [1.54, 1.807) is 19.9 Å². The van der Waals surface area contributed by atoms with Crippen molar-refractivity contribution in [3.05, 3.63) is 34.8 Å². The summed E-state index contributed by atoms with van der Waals surface area (Å²) >= 11 is 5.79. The lowest BCUT2D eigenvalue weighted by Crippen LogP contribution is -2.50. The van der Waals surface area contributed by atoms with Crippen LogP contribution in [0.4, 0.5) is 14.9 Å². The highest BCUT2D eigenvalue weighted by atomic mass is 35.5. The van der Waals surface area contributed by atoms with Crippen molar-refractivity contribution in [2.24, 2.45) is 0 Å². The molecule has 0 bridgehead atoms. The van der Waals surface area contributed by atoms with Gasteiger partial charge in [-0.3, -0.25) is 0 Å². The first-order valence-electron chi connectivity index (χ1n) is 7.71. The number of aromatic carboxylic acids is 1. The van der Waals surface area contributed by atoms with Crippen LogP contribution in [0.2, 0.25) is 5.15 Å². The van der Waals surface area contributed by atoms with Gasteiger partial charge in [0.1, 0.15) is 22.6 Å². The van der Waals surface area contributed by atoms with E-state index in [1.165, 1.54) is 11.0 Å². The number of ether oxygens (including phenoxy) is 1. The molecule has 25 heavy (non-hydrogen) atoms. The van der Waals surface area contributed by atoms with E-state index >= 15 is 0 Å². The highest BCUT2D eigenvalue weighted by Gasteiger charge is 2.33. The van der Waals surface area contributed by atoms with Crippen LogP contribution >= 0.6 is 11.6 Å². The Hall–Kier alpha value is -2.35. The van der Waals surface area contributed by atoms with Gasteiger partial charge in [-0.15, -0.1) is 0 Å². The number of alkyl halides is 1. The fraction of sp³-hybridized carbons (Fsp3) is 0.438. The Labute approximate surface area is 149 Å². The number of pyridine rings is 1. The van der Waals surface area contributed by atoms with E-state index in [4.69, 9.17) is 16.3 Å². The first-order valence-corrected chi connectivity index (χ1v) is 8.08. The van der Waals surface area contributed by atoms with Gasteiger partial charge < -0.3 is 20.1 Å². The number of aromatic nitrogens is 1. The number of allylic oxidation sites excluding steroid dienone is 2. The van der Waals surface area contributed by atoms with Gasteiger partial charge in [0, 0.05) is 12.7 Å². The molecule has 2 rings (SSSR count).